The number of carbonyl (C=O) groups is 1. The van der Waals surface area contributed by atoms with Crippen molar-refractivity contribution in [3.63, 3.8) is 0 Å². The van der Waals surface area contributed by atoms with Crippen molar-refractivity contribution in [1.29, 1.82) is 0 Å². The molecule has 2 rings (SSSR count). The number of hydrogen-bond donors (Lipinski definition) is 1. The number of hydrogen-bond acceptors (Lipinski definition) is 5. The smallest absolute Gasteiger partial charge is 0.325 e. The van der Waals surface area contributed by atoms with Gasteiger partial charge in [0.25, 0.3) is 0 Å². The molecule has 2 N–H and O–H groups in total. The van der Waals surface area contributed by atoms with Gasteiger partial charge in [-0.1, -0.05) is 29.3 Å². The zero-order valence-electron chi connectivity index (χ0n) is 10.5. The van der Waals surface area contributed by atoms with Crippen molar-refractivity contribution >= 4 is 35.1 Å². The van der Waals surface area contributed by atoms with Gasteiger partial charge in [-0.15, -0.1) is 0 Å². The summed E-state index contributed by atoms with van der Waals surface area (Å²) in [7, 11) is 0. The van der Waals surface area contributed by atoms with Gasteiger partial charge < -0.3 is 15.4 Å². The molecule has 0 saturated heterocycles. The Labute approximate surface area is 121 Å². The van der Waals surface area contributed by atoms with E-state index in [-0.39, 0.29) is 24.5 Å². The summed E-state index contributed by atoms with van der Waals surface area (Å²) < 4.78 is 4.90. The molecule has 1 heterocycles. The summed E-state index contributed by atoms with van der Waals surface area (Å²) in [6.07, 6.45) is 3.59. The maximum absolute atomic E-state index is 11.5. The molecule has 5 nitrogen and oxygen atoms in total. The molecule has 19 heavy (non-hydrogen) atoms. The molecule has 0 radical (unpaired) electrons. The molecule has 2 atom stereocenters. The van der Waals surface area contributed by atoms with Crippen LogP contribution in [0.4, 0.5) is 0 Å². The fourth-order valence-corrected chi connectivity index (χ4v) is 2.59. The first-order chi connectivity index (χ1) is 9.02. The molecule has 0 saturated carbocycles. The number of fused-ring (bicyclic) bond motifs is 1. The number of aliphatic imine (C=N–C) groups is 1. The summed E-state index contributed by atoms with van der Waals surface area (Å²) >= 11 is 12.2. The monoisotopic (exact) mass is 303 g/mol. The van der Waals surface area contributed by atoms with Crippen LogP contribution in [0.5, 0.6) is 0 Å². The third-order valence-corrected chi connectivity index (χ3v) is 3.96. The molecule has 2 aliphatic rings. The molecule has 0 aromatic rings. The van der Waals surface area contributed by atoms with Crippen LogP contribution >= 0.6 is 23.2 Å². The quantitative estimate of drug-likeness (QED) is 0.801. The fourth-order valence-electron chi connectivity index (χ4n) is 2.12. The second-order valence-corrected chi connectivity index (χ2v) is 5.14. The molecule has 0 fully saturated rings. The van der Waals surface area contributed by atoms with Crippen molar-refractivity contribution in [1.82, 2.24) is 4.90 Å². The van der Waals surface area contributed by atoms with Crippen LogP contribution in [0.2, 0.25) is 0 Å². The molecular weight excluding hydrogens is 289 g/mol. The van der Waals surface area contributed by atoms with Crippen LogP contribution in [-0.2, 0) is 9.53 Å². The van der Waals surface area contributed by atoms with Crippen molar-refractivity contribution < 1.29 is 9.53 Å². The summed E-state index contributed by atoms with van der Waals surface area (Å²) in [5, 5.41) is 1.06. The van der Waals surface area contributed by atoms with E-state index in [1.165, 1.54) is 0 Å². The minimum absolute atomic E-state index is 0.0674. The highest BCUT2D eigenvalue weighted by atomic mass is 35.5. The lowest BCUT2D eigenvalue weighted by Gasteiger charge is -2.36. The highest BCUT2D eigenvalue weighted by Crippen LogP contribution is 2.34. The highest BCUT2D eigenvalue weighted by Gasteiger charge is 2.34. The van der Waals surface area contributed by atoms with E-state index < -0.39 is 0 Å². The van der Waals surface area contributed by atoms with Gasteiger partial charge in [-0.05, 0) is 13.0 Å². The number of guanidine groups is 1. The average Bonchev–Trinajstić information content (AvgIpc) is 2.36. The third kappa shape index (κ3) is 3.04. The van der Waals surface area contributed by atoms with Crippen molar-refractivity contribution in [3.8, 4) is 0 Å². The summed E-state index contributed by atoms with van der Waals surface area (Å²) in [6, 6.07) is -0.117. The normalized spacial score (nSPS) is 26.1. The molecule has 0 bridgehead atoms. The Hall–Kier alpha value is -1.20. The van der Waals surface area contributed by atoms with E-state index in [1.807, 2.05) is 6.08 Å². The van der Waals surface area contributed by atoms with E-state index in [2.05, 4.69) is 4.99 Å². The van der Waals surface area contributed by atoms with Crippen molar-refractivity contribution in [3.05, 3.63) is 22.2 Å². The minimum atomic E-state index is -0.336. The van der Waals surface area contributed by atoms with Gasteiger partial charge in [-0.3, -0.25) is 4.79 Å². The number of halogens is 2. The maximum Gasteiger partial charge on any atom is 0.325 e. The Morgan fingerprint density at radius 1 is 1.63 bits per heavy atom. The van der Waals surface area contributed by atoms with Crippen LogP contribution in [0.15, 0.2) is 27.2 Å². The molecule has 0 aromatic heterocycles. The van der Waals surface area contributed by atoms with E-state index in [4.69, 9.17) is 33.7 Å². The first-order valence-corrected chi connectivity index (χ1v) is 6.75. The molecule has 1 aliphatic heterocycles. The Bertz CT molecular complexity index is 474. The van der Waals surface area contributed by atoms with Gasteiger partial charge >= 0.3 is 5.97 Å². The SMILES string of the molecule is CCOC(=O)CN1CC2C(Cl)=C(Cl)C=CC2N=C1N. The standard InChI is InChI=1S/C12H15Cl2N3O2/c1-2-19-10(18)6-17-5-7-9(16-12(17)15)4-3-8(13)11(7)14/h3-4,7,9H,2,5-6H2,1H3,(H2,15,16). The predicted molar refractivity (Wildman–Crippen MR) is 75.0 cm³/mol. The predicted octanol–water partition coefficient (Wildman–Crippen LogP) is 1.42. The Morgan fingerprint density at radius 2 is 2.37 bits per heavy atom. The summed E-state index contributed by atoms with van der Waals surface area (Å²) in [6.45, 7) is 2.66. The summed E-state index contributed by atoms with van der Waals surface area (Å²) in [4.78, 5) is 17.5. The lowest BCUT2D eigenvalue weighted by Crippen LogP contribution is -2.50. The van der Waals surface area contributed by atoms with E-state index in [0.29, 0.717) is 29.2 Å². The molecule has 2 unspecified atom stereocenters. The van der Waals surface area contributed by atoms with E-state index in [0.717, 1.165) is 0 Å². The molecule has 1 aliphatic carbocycles. The Balaban J connectivity index is 2.13. The number of esters is 1. The van der Waals surface area contributed by atoms with Crippen molar-refractivity contribution in [2.75, 3.05) is 19.7 Å². The first kappa shape index (κ1) is 14.2. The van der Waals surface area contributed by atoms with Crippen LogP contribution in [0.3, 0.4) is 0 Å². The van der Waals surface area contributed by atoms with Crippen molar-refractivity contribution in [2.24, 2.45) is 16.6 Å². The first-order valence-electron chi connectivity index (χ1n) is 6.00. The molecule has 0 spiro atoms. The fraction of sp³-hybridized carbons (Fsp3) is 0.500. The topological polar surface area (TPSA) is 67.9 Å². The average molecular weight is 304 g/mol. The molecule has 0 aromatic carbocycles. The van der Waals surface area contributed by atoms with Crippen LogP contribution in [0.1, 0.15) is 6.92 Å². The van der Waals surface area contributed by atoms with Crippen LogP contribution < -0.4 is 5.73 Å². The second kappa shape index (κ2) is 5.84. The van der Waals surface area contributed by atoms with Gasteiger partial charge in [0.2, 0.25) is 0 Å². The lowest BCUT2D eigenvalue weighted by molar-refractivity contribution is -0.143. The molecule has 7 heteroatoms. The Kier molecular flexibility index (Phi) is 4.37. The van der Waals surface area contributed by atoms with Gasteiger partial charge in [0.1, 0.15) is 6.54 Å². The zero-order valence-corrected chi connectivity index (χ0v) is 12.0. The molecule has 0 amide bonds. The second-order valence-electron chi connectivity index (χ2n) is 4.32. The minimum Gasteiger partial charge on any atom is -0.465 e. The summed E-state index contributed by atoms with van der Waals surface area (Å²) in [5.74, 6) is -0.0843. The Morgan fingerprint density at radius 3 is 3.05 bits per heavy atom. The molecular formula is C12H15Cl2N3O2. The number of rotatable bonds is 3. The molecule has 104 valence electrons. The van der Waals surface area contributed by atoms with E-state index in [9.17, 15) is 4.79 Å². The lowest BCUT2D eigenvalue weighted by atomic mass is 9.93. The summed E-state index contributed by atoms with van der Waals surface area (Å²) in [5.41, 5.74) is 5.85. The van der Waals surface area contributed by atoms with Gasteiger partial charge in [-0.25, -0.2) is 4.99 Å². The number of nitrogens with zero attached hydrogens (tertiary/aromatic N) is 2. The largest absolute Gasteiger partial charge is 0.465 e. The van der Waals surface area contributed by atoms with Crippen LogP contribution in [0, 0.1) is 5.92 Å². The van der Waals surface area contributed by atoms with Gasteiger partial charge in [0.15, 0.2) is 5.96 Å². The zero-order chi connectivity index (χ0) is 14.0. The van der Waals surface area contributed by atoms with Crippen LogP contribution in [0.25, 0.3) is 0 Å². The van der Waals surface area contributed by atoms with Crippen molar-refractivity contribution in [2.45, 2.75) is 13.0 Å². The van der Waals surface area contributed by atoms with E-state index in [1.54, 1.807) is 17.9 Å². The number of nitrogens with two attached hydrogens (primary N) is 1. The third-order valence-electron chi connectivity index (χ3n) is 3.05. The maximum atomic E-state index is 11.5. The number of allylic oxidation sites excluding steroid dienone is 2. The van der Waals surface area contributed by atoms with Gasteiger partial charge in [0.05, 0.1) is 17.7 Å². The van der Waals surface area contributed by atoms with Gasteiger partial charge in [-0.2, -0.15) is 0 Å². The van der Waals surface area contributed by atoms with E-state index >= 15 is 0 Å². The number of carbonyl (C=O) groups excluding carboxylic acids is 1. The highest BCUT2D eigenvalue weighted by molar-refractivity contribution is 6.40. The number of ether oxygens (including phenoxy) is 1. The van der Waals surface area contributed by atoms with Crippen LogP contribution in [-0.4, -0.2) is 42.6 Å². The van der Waals surface area contributed by atoms with Gasteiger partial charge in [0, 0.05) is 17.5 Å².